The van der Waals surface area contributed by atoms with Gasteiger partial charge in [0.05, 0.1) is 12.8 Å². The summed E-state index contributed by atoms with van der Waals surface area (Å²) in [6.07, 6.45) is 0.827. The average Bonchev–Trinajstić information content (AvgIpc) is 2.66. The predicted molar refractivity (Wildman–Crippen MR) is 112 cm³/mol. The lowest BCUT2D eigenvalue weighted by Gasteiger charge is -2.39. The lowest BCUT2D eigenvalue weighted by Crippen LogP contribution is -2.57. The van der Waals surface area contributed by atoms with Crippen molar-refractivity contribution in [1.82, 2.24) is 0 Å². The smallest absolute Gasteiger partial charge is 0.249 e. The van der Waals surface area contributed by atoms with E-state index in [0.717, 1.165) is 5.56 Å². The van der Waals surface area contributed by atoms with Crippen LogP contribution in [0.4, 0.5) is 11.4 Å². The van der Waals surface area contributed by atoms with Crippen LogP contribution in [-0.4, -0.2) is 32.7 Å². The fraction of sp³-hybridized carbons (Fsp3) is 0.350. The first-order chi connectivity index (χ1) is 13.2. The lowest BCUT2D eigenvalue weighted by atomic mass is 10.0. The Kier molecular flexibility index (Phi) is 5.59. The van der Waals surface area contributed by atoms with Crippen LogP contribution in [0, 0.1) is 6.92 Å². The minimum absolute atomic E-state index is 0.250. The van der Waals surface area contributed by atoms with E-state index in [1.165, 1.54) is 11.2 Å². The number of carbonyl (C=O) groups is 1. The summed E-state index contributed by atoms with van der Waals surface area (Å²) < 4.78 is 31.6. The van der Waals surface area contributed by atoms with Crippen molar-refractivity contribution in [3.8, 4) is 5.75 Å². The molecule has 3 rings (SSSR count). The molecule has 1 heterocycles. The highest BCUT2D eigenvalue weighted by molar-refractivity contribution is 7.95. The summed E-state index contributed by atoms with van der Waals surface area (Å²) in [6, 6.07) is 11.8. The maximum absolute atomic E-state index is 13.3. The van der Waals surface area contributed by atoms with Gasteiger partial charge < -0.3 is 10.1 Å². The van der Waals surface area contributed by atoms with Crippen molar-refractivity contribution in [3.05, 3.63) is 53.1 Å². The SMILES string of the molecule is COc1ccc(NC(=O)[C@@]2(C)CCCN(c3ccc(Cl)cc3)S2(=O)=O)c(C)c1. The molecule has 8 heteroatoms. The van der Waals surface area contributed by atoms with Gasteiger partial charge in [-0.15, -0.1) is 0 Å². The monoisotopic (exact) mass is 422 g/mol. The Balaban J connectivity index is 1.91. The Hall–Kier alpha value is -2.25. The summed E-state index contributed by atoms with van der Waals surface area (Å²) in [5.74, 6) is 0.125. The first kappa shape index (κ1) is 20.5. The number of carbonyl (C=O) groups excluding carboxylic acids is 1. The van der Waals surface area contributed by atoms with E-state index in [4.69, 9.17) is 16.3 Å². The summed E-state index contributed by atoms with van der Waals surface area (Å²) in [5.41, 5.74) is 1.86. The fourth-order valence-electron chi connectivity index (χ4n) is 3.32. The normalized spacial score (nSPS) is 21.2. The summed E-state index contributed by atoms with van der Waals surface area (Å²) >= 11 is 5.91. The van der Waals surface area contributed by atoms with Gasteiger partial charge in [0.25, 0.3) is 0 Å². The number of benzene rings is 2. The van der Waals surface area contributed by atoms with Gasteiger partial charge in [0.1, 0.15) is 5.75 Å². The molecular weight excluding hydrogens is 400 g/mol. The molecule has 0 unspecified atom stereocenters. The summed E-state index contributed by atoms with van der Waals surface area (Å²) in [4.78, 5) is 13.1. The maximum Gasteiger partial charge on any atom is 0.249 e. The Bertz CT molecular complexity index is 992. The molecule has 0 aliphatic carbocycles. The highest BCUT2D eigenvalue weighted by Gasteiger charge is 2.52. The second-order valence-corrected chi connectivity index (χ2v) is 9.75. The Morgan fingerprint density at radius 3 is 2.50 bits per heavy atom. The zero-order valence-electron chi connectivity index (χ0n) is 16.0. The molecule has 0 saturated carbocycles. The van der Waals surface area contributed by atoms with Gasteiger partial charge in [-0.1, -0.05) is 11.6 Å². The number of halogens is 1. The summed E-state index contributed by atoms with van der Waals surface area (Å²) in [7, 11) is -2.36. The summed E-state index contributed by atoms with van der Waals surface area (Å²) in [5, 5.41) is 3.31. The molecular formula is C20H23ClN2O4S. The van der Waals surface area contributed by atoms with Gasteiger partial charge >= 0.3 is 0 Å². The lowest BCUT2D eigenvalue weighted by molar-refractivity contribution is -0.118. The molecule has 1 amide bonds. The fourth-order valence-corrected chi connectivity index (χ4v) is 5.38. The van der Waals surface area contributed by atoms with E-state index < -0.39 is 20.7 Å². The molecule has 2 aromatic carbocycles. The summed E-state index contributed by atoms with van der Waals surface area (Å²) in [6.45, 7) is 3.64. The Morgan fingerprint density at radius 1 is 1.21 bits per heavy atom. The standard InChI is InChI=1S/C20H23ClN2O4S/c1-14-13-17(27-3)9-10-18(14)22-19(24)20(2)11-4-12-23(28(20,25)26)16-7-5-15(21)6-8-16/h5-10,13H,4,11-12H2,1-3H3,(H,22,24)/t20-/m1/s1. The van der Waals surface area contributed by atoms with Gasteiger partial charge in [-0.05, 0) is 74.7 Å². The van der Waals surface area contributed by atoms with Crippen molar-refractivity contribution >= 4 is 38.9 Å². The molecule has 1 atom stereocenters. The van der Waals surface area contributed by atoms with E-state index in [1.807, 2.05) is 6.92 Å². The van der Waals surface area contributed by atoms with Gasteiger partial charge in [0, 0.05) is 17.3 Å². The molecule has 0 spiro atoms. The Morgan fingerprint density at radius 2 is 1.89 bits per heavy atom. The largest absolute Gasteiger partial charge is 0.497 e. The number of amides is 1. The molecule has 0 aromatic heterocycles. The van der Waals surface area contributed by atoms with Crippen molar-refractivity contribution in [2.24, 2.45) is 0 Å². The van der Waals surface area contributed by atoms with Crippen molar-refractivity contribution in [2.45, 2.75) is 31.4 Å². The van der Waals surface area contributed by atoms with Crippen molar-refractivity contribution in [2.75, 3.05) is 23.3 Å². The number of nitrogens with one attached hydrogen (secondary N) is 1. The molecule has 2 aromatic rings. The molecule has 150 valence electrons. The third-order valence-corrected chi connectivity index (χ3v) is 7.91. The van der Waals surface area contributed by atoms with Crippen LogP contribution in [0.1, 0.15) is 25.3 Å². The van der Waals surface area contributed by atoms with Crippen LogP contribution < -0.4 is 14.4 Å². The molecule has 1 aliphatic heterocycles. The second kappa shape index (κ2) is 7.64. The van der Waals surface area contributed by atoms with E-state index >= 15 is 0 Å². The molecule has 0 bridgehead atoms. The van der Waals surface area contributed by atoms with Crippen molar-refractivity contribution < 1.29 is 17.9 Å². The van der Waals surface area contributed by atoms with Crippen LogP contribution >= 0.6 is 11.6 Å². The van der Waals surface area contributed by atoms with Crippen LogP contribution in [0.3, 0.4) is 0 Å². The predicted octanol–water partition coefficient (Wildman–Crippen LogP) is 3.98. The third kappa shape index (κ3) is 3.56. The van der Waals surface area contributed by atoms with Gasteiger partial charge in [0.2, 0.25) is 15.9 Å². The van der Waals surface area contributed by atoms with Gasteiger partial charge in [-0.3, -0.25) is 9.10 Å². The highest BCUT2D eigenvalue weighted by Crippen LogP contribution is 2.37. The number of nitrogens with zero attached hydrogens (tertiary/aromatic N) is 1. The first-order valence-electron chi connectivity index (χ1n) is 8.93. The van der Waals surface area contributed by atoms with E-state index in [9.17, 15) is 13.2 Å². The number of anilines is 2. The number of sulfonamides is 1. The van der Waals surface area contributed by atoms with E-state index in [-0.39, 0.29) is 6.42 Å². The van der Waals surface area contributed by atoms with Crippen LogP contribution in [0.15, 0.2) is 42.5 Å². The number of hydrogen-bond acceptors (Lipinski definition) is 4. The number of aryl methyl sites for hydroxylation is 1. The quantitative estimate of drug-likeness (QED) is 0.808. The second-order valence-electron chi connectivity index (χ2n) is 7.02. The van der Waals surface area contributed by atoms with E-state index in [2.05, 4.69) is 5.32 Å². The highest BCUT2D eigenvalue weighted by atomic mass is 35.5. The van der Waals surface area contributed by atoms with Gasteiger partial charge in [-0.25, -0.2) is 8.42 Å². The third-order valence-electron chi connectivity index (χ3n) is 5.15. The van der Waals surface area contributed by atoms with Crippen molar-refractivity contribution in [1.29, 1.82) is 0 Å². The molecule has 1 N–H and O–H groups in total. The molecule has 1 aliphatic rings. The minimum atomic E-state index is -3.92. The molecule has 0 radical (unpaired) electrons. The van der Waals surface area contributed by atoms with Crippen LogP contribution in [-0.2, 0) is 14.8 Å². The van der Waals surface area contributed by atoms with Gasteiger partial charge in [0.15, 0.2) is 4.75 Å². The van der Waals surface area contributed by atoms with E-state index in [1.54, 1.807) is 49.6 Å². The topological polar surface area (TPSA) is 75.7 Å². The average molecular weight is 423 g/mol. The minimum Gasteiger partial charge on any atom is -0.497 e. The maximum atomic E-state index is 13.3. The molecule has 1 saturated heterocycles. The number of methoxy groups -OCH3 is 1. The van der Waals surface area contributed by atoms with Crippen LogP contribution in [0.2, 0.25) is 5.02 Å². The van der Waals surface area contributed by atoms with E-state index in [0.29, 0.717) is 35.1 Å². The van der Waals surface area contributed by atoms with Gasteiger partial charge in [-0.2, -0.15) is 0 Å². The van der Waals surface area contributed by atoms with Crippen LogP contribution in [0.25, 0.3) is 0 Å². The number of rotatable bonds is 4. The molecule has 1 fully saturated rings. The molecule has 28 heavy (non-hydrogen) atoms. The van der Waals surface area contributed by atoms with Crippen molar-refractivity contribution in [3.63, 3.8) is 0 Å². The van der Waals surface area contributed by atoms with Crippen LogP contribution in [0.5, 0.6) is 5.75 Å². The number of ether oxygens (including phenoxy) is 1. The number of hydrogen-bond donors (Lipinski definition) is 1. The Labute approximate surface area is 170 Å². The molecule has 6 nitrogen and oxygen atoms in total. The zero-order valence-corrected chi connectivity index (χ0v) is 17.6. The zero-order chi connectivity index (χ0) is 20.5. The first-order valence-corrected chi connectivity index (χ1v) is 10.7.